The largest absolute Gasteiger partial charge is 0.378 e. The average molecular weight is 224 g/mol. The number of piperidine rings is 1. The summed E-state index contributed by atoms with van der Waals surface area (Å²) in [6.07, 6.45) is 4.16. The van der Waals surface area contributed by atoms with Crippen LogP contribution in [0.2, 0.25) is 0 Å². The zero-order valence-electron chi connectivity index (χ0n) is 9.58. The van der Waals surface area contributed by atoms with Gasteiger partial charge in [-0.2, -0.15) is 0 Å². The molecule has 4 nitrogen and oxygen atoms in total. The van der Waals surface area contributed by atoms with Crippen molar-refractivity contribution in [2.75, 3.05) is 19.7 Å². The molecule has 2 N–H and O–H groups in total. The topological polar surface area (TPSA) is 50.4 Å². The zero-order valence-corrected chi connectivity index (χ0v) is 9.58. The highest BCUT2D eigenvalue weighted by atomic mass is 16.5. The van der Waals surface area contributed by atoms with Gasteiger partial charge in [0.15, 0.2) is 0 Å². The van der Waals surface area contributed by atoms with E-state index in [1.807, 2.05) is 0 Å². The molecule has 3 rings (SSSR count). The molecular weight excluding hydrogens is 204 g/mol. The molecule has 0 radical (unpaired) electrons. The van der Waals surface area contributed by atoms with Crippen molar-refractivity contribution in [1.82, 2.24) is 10.6 Å². The Bertz CT molecular complexity index is 266. The van der Waals surface area contributed by atoms with E-state index in [0.29, 0.717) is 30.4 Å². The molecule has 2 aliphatic heterocycles. The van der Waals surface area contributed by atoms with E-state index in [-0.39, 0.29) is 5.91 Å². The lowest BCUT2D eigenvalue weighted by molar-refractivity contribution is -0.122. The maximum Gasteiger partial charge on any atom is 0.220 e. The molecule has 2 heterocycles. The second-order valence-corrected chi connectivity index (χ2v) is 5.25. The van der Waals surface area contributed by atoms with Crippen LogP contribution in [0.15, 0.2) is 0 Å². The minimum atomic E-state index is 0.217. The maximum absolute atomic E-state index is 11.7. The van der Waals surface area contributed by atoms with Crippen molar-refractivity contribution >= 4 is 5.91 Å². The van der Waals surface area contributed by atoms with Crippen LogP contribution in [-0.4, -0.2) is 37.7 Å². The average Bonchev–Trinajstić information content (AvgIpc) is 2.80. The molecule has 1 aliphatic carbocycles. The normalized spacial score (nSPS) is 40.8. The lowest BCUT2D eigenvalue weighted by atomic mass is 10.1. The Morgan fingerprint density at radius 2 is 2.19 bits per heavy atom. The summed E-state index contributed by atoms with van der Waals surface area (Å²) in [5.41, 5.74) is 0. The molecule has 0 spiro atoms. The van der Waals surface area contributed by atoms with Crippen LogP contribution in [0.4, 0.5) is 0 Å². The van der Waals surface area contributed by atoms with Crippen molar-refractivity contribution in [3.63, 3.8) is 0 Å². The van der Waals surface area contributed by atoms with Gasteiger partial charge >= 0.3 is 0 Å². The fourth-order valence-corrected chi connectivity index (χ4v) is 3.05. The van der Waals surface area contributed by atoms with Gasteiger partial charge < -0.3 is 15.4 Å². The summed E-state index contributed by atoms with van der Waals surface area (Å²) in [4.78, 5) is 11.7. The molecule has 1 saturated carbocycles. The molecule has 2 saturated heterocycles. The van der Waals surface area contributed by atoms with Crippen LogP contribution in [-0.2, 0) is 9.53 Å². The van der Waals surface area contributed by atoms with Gasteiger partial charge in [-0.3, -0.25) is 4.79 Å². The number of hydrogen-bond acceptors (Lipinski definition) is 3. The number of nitrogens with one attached hydrogen (secondary N) is 2. The van der Waals surface area contributed by atoms with E-state index < -0.39 is 0 Å². The summed E-state index contributed by atoms with van der Waals surface area (Å²) in [5.74, 6) is 1.65. The molecule has 3 aliphatic rings. The van der Waals surface area contributed by atoms with Crippen LogP contribution in [0.1, 0.15) is 25.7 Å². The van der Waals surface area contributed by atoms with Crippen molar-refractivity contribution in [3.05, 3.63) is 0 Å². The highest BCUT2D eigenvalue weighted by Crippen LogP contribution is 2.41. The summed E-state index contributed by atoms with van der Waals surface area (Å²) < 4.78 is 5.51. The van der Waals surface area contributed by atoms with E-state index >= 15 is 0 Å². The third kappa shape index (κ3) is 2.09. The van der Waals surface area contributed by atoms with Gasteiger partial charge in [-0.15, -0.1) is 0 Å². The third-order valence-electron chi connectivity index (χ3n) is 4.14. The van der Waals surface area contributed by atoms with Crippen molar-refractivity contribution in [2.24, 2.45) is 11.8 Å². The predicted molar refractivity (Wildman–Crippen MR) is 60.0 cm³/mol. The molecule has 3 atom stereocenters. The number of ether oxygens (including phenoxy) is 1. The van der Waals surface area contributed by atoms with Crippen molar-refractivity contribution in [3.8, 4) is 0 Å². The van der Waals surface area contributed by atoms with Crippen molar-refractivity contribution in [1.29, 1.82) is 0 Å². The molecule has 0 aromatic carbocycles. The van der Waals surface area contributed by atoms with E-state index in [2.05, 4.69) is 10.6 Å². The number of fused-ring (bicyclic) bond motifs is 1. The van der Waals surface area contributed by atoms with Gasteiger partial charge in [-0.05, 0) is 31.1 Å². The first-order valence-corrected chi connectivity index (χ1v) is 6.46. The Labute approximate surface area is 96.1 Å². The number of carbonyl (C=O) groups is 1. The van der Waals surface area contributed by atoms with E-state index in [1.54, 1.807) is 0 Å². The lowest BCUT2D eigenvalue weighted by Crippen LogP contribution is -2.32. The van der Waals surface area contributed by atoms with Crippen LogP contribution in [0.3, 0.4) is 0 Å². The SMILES string of the molecule is O=C(CCC1CCCO1)NC1C2CNCC21. The van der Waals surface area contributed by atoms with E-state index in [4.69, 9.17) is 4.74 Å². The molecule has 3 fully saturated rings. The number of rotatable bonds is 4. The van der Waals surface area contributed by atoms with E-state index in [9.17, 15) is 4.79 Å². The summed E-state index contributed by atoms with van der Waals surface area (Å²) in [6, 6.07) is 0.471. The van der Waals surface area contributed by atoms with Gasteiger partial charge in [0, 0.05) is 32.2 Å². The smallest absolute Gasteiger partial charge is 0.220 e. The summed E-state index contributed by atoms with van der Waals surface area (Å²) >= 11 is 0. The quantitative estimate of drug-likeness (QED) is 0.721. The van der Waals surface area contributed by atoms with E-state index in [1.165, 1.54) is 0 Å². The molecule has 4 heteroatoms. The predicted octanol–water partition coefficient (Wildman–Crippen LogP) is 0.280. The van der Waals surface area contributed by atoms with Crippen molar-refractivity contribution in [2.45, 2.75) is 37.8 Å². The second kappa shape index (κ2) is 4.34. The molecule has 3 unspecified atom stereocenters. The summed E-state index contributed by atoms with van der Waals surface area (Å²) in [7, 11) is 0. The fourth-order valence-electron chi connectivity index (χ4n) is 3.05. The second-order valence-electron chi connectivity index (χ2n) is 5.25. The Morgan fingerprint density at radius 1 is 1.38 bits per heavy atom. The first kappa shape index (κ1) is 10.5. The van der Waals surface area contributed by atoms with Gasteiger partial charge in [0.1, 0.15) is 0 Å². The molecule has 1 amide bonds. The standard InChI is InChI=1S/C12H20N2O2/c15-11(4-3-8-2-1-5-16-8)14-12-9-6-13-7-10(9)12/h8-10,12-13H,1-7H2,(H,14,15). The first-order chi connectivity index (χ1) is 7.84. The Kier molecular flexibility index (Phi) is 2.86. The van der Waals surface area contributed by atoms with Crippen LogP contribution in [0.25, 0.3) is 0 Å². The molecule has 0 bridgehead atoms. The minimum absolute atomic E-state index is 0.217. The Hall–Kier alpha value is -0.610. The monoisotopic (exact) mass is 224 g/mol. The summed E-state index contributed by atoms with van der Waals surface area (Å²) in [6.45, 7) is 3.05. The minimum Gasteiger partial charge on any atom is -0.378 e. The van der Waals surface area contributed by atoms with Crippen LogP contribution >= 0.6 is 0 Å². The zero-order chi connectivity index (χ0) is 11.0. The first-order valence-electron chi connectivity index (χ1n) is 6.46. The van der Waals surface area contributed by atoms with Crippen molar-refractivity contribution < 1.29 is 9.53 Å². The number of carbonyl (C=O) groups excluding carboxylic acids is 1. The van der Waals surface area contributed by atoms with Gasteiger partial charge in [0.2, 0.25) is 5.91 Å². The van der Waals surface area contributed by atoms with Gasteiger partial charge in [0.05, 0.1) is 6.10 Å². The van der Waals surface area contributed by atoms with Crippen LogP contribution in [0, 0.1) is 11.8 Å². The highest BCUT2D eigenvalue weighted by molar-refractivity contribution is 5.76. The number of amides is 1. The van der Waals surface area contributed by atoms with Gasteiger partial charge in [0.25, 0.3) is 0 Å². The molecule has 90 valence electrons. The van der Waals surface area contributed by atoms with Crippen LogP contribution in [0.5, 0.6) is 0 Å². The third-order valence-corrected chi connectivity index (χ3v) is 4.14. The molecule has 16 heavy (non-hydrogen) atoms. The van der Waals surface area contributed by atoms with Crippen LogP contribution < -0.4 is 10.6 Å². The fraction of sp³-hybridized carbons (Fsp3) is 0.917. The number of hydrogen-bond donors (Lipinski definition) is 2. The Balaban J connectivity index is 1.34. The maximum atomic E-state index is 11.7. The highest BCUT2D eigenvalue weighted by Gasteiger charge is 2.53. The Morgan fingerprint density at radius 3 is 2.88 bits per heavy atom. The molecule has 0 aromatic heterocycles. The van der Waals surface area contributed by atoms with E-state index in [0.717, 1.165) is 39.0 Å². The molecular formula is C12H20N2O2. The molecule has 0 aromatic rings. The van der Waals surface area contributed by atoms with Gasteiger partial charge in [-0.1, -0.05) is 0 Å². The van der Waals surface area contributed by atoms with Gasteiger partial charge in [-0.25, -0.2) is 0 Å². The summed E-state index contributed by atoms with van der Waals surface area (Å²) in [5, 5.41) is 6.48. The lowest BCUT2D eigenvalue weighted by Gasteiger charge is -2.10.